The van der Waals surface area contributed by atoms with Crippen LogP contribution in [0.25, 0.3) is 6.08 Å². The van der Waals surface area contributed by atoms with Crippen LogP contribution >= 0.6 is 35.1 Å². The number of anilines is 2. The summed E-state index contributed by atoms with van der Waals surface area (Å²) in [5, 5.41) is 8.99. The maximum Gasteiger partial charge on any atom is 0.272 e. The lowest BCUT2D eigenvalue weighted by atomic mass is 10.1. The predicted octanol–water partition coefficient (Wildman–Crippen LogP) is 7.56. The number of methoxy groups -OCH3 is 3. The minimum absolute atomic E-state index is 0.0189. The van der Waals surface area contributed by atoms with Crippen LogP contribution in [0.1, 0.15) is 33.7 Å². The quantitative estimate of drug-likeness (QED) is 0.0728. The van der Waals surface area contributed by atoms with Gasteiger partial charge in [0.25, 0.3) is 11.8 Å². The van der Waals surface area contributed by atoms with E-state index in [1.165, 1.54) is 50.9 Å². The molecule has 1 atom stereocenters. The minimum atomic E-state index is -0.584. The van der Waals surface area contributed by atoms with Crippen LogP contribution in [0.4, 0.5) is 10.8 Å². The Hall–Kier alpha value is -5.31. The van der Waals surface area contributed by atoms with Gasteiger partial charge >= 0.3 is 0 Å². The summed E-state index contributed by atoms with van der Waals surface area (Å²) in [6.45, 7) is 2.01. The Bertz CT molecular complexity index is 1960. The molecule has 51 heavy (non-hydrogen) atoms. The van der Waals surface area contributed by atoms with Crippen molar-refractivity contribution in [2.24, 2.45) is 0 Å². The number of ether oxygens (including phenoxy) is 3. The molecule has 0 radical (unpaired) electrons. The lowest BCUT2D eigenvalue weighted by Crippen LogP contribution is -2.30. The van der Waals surface area contributed by atoms with Crippen molar-refractivity contribution in [1.82, 2.24) is 14.7 Å². The minimum Gasteiger partial charge on any atom is -0.493 e. The highest BCUT2D eigenvalue weighted by atomic mass is 32.2. The van der Waals surface area contributed by atoms with Crippen LogP contribution in [0.15, 0.2) is 113 Å². The summed E-state index contributed by atoms with van der Waals surface area (Å²) in [6.07, 6.45) is 1.52. The highest BCUT2D eigenvalue weighted by molar-refractivity contribution is 8.00. The molecule has 4 aromatic carbocycles. The number of nitrogens with one attached hydrogen (secondary N) is 3. The molecular formula is C37H35N5O6S3. The second-order valence-electron chi connectivity index (χ2n) is 10.5. The van der Waals surface area contributed by atoms with Gasteiger partial charge in [0.15, 0.2) is 11.5 Å². The molecule has 0 fully saturated rings. The first kappa shape index (κ1) is 37.0. The summed E-state index contributed by atoms with van der Waals surface area (Å²) in [7, 11) is 4.48. The van der Waals surface area contributed by atoms with Gasteiger partial charge in [-0.3, -0.25) is 19.7 Å². The average molecular weight is 742 g/mol. The van der Waals surface area contributed by atoms with E-state index in [0.29, 0.717) is 44.4 Å². The van der Waals surface area contributed by atoms with E-state index in [1.54, 1.807) is 54.6 Å². The molecule has 3 N–H and O–H groups in total. The standard InChI is InChI=1S/C37H35N5O6S3/c1-5-49-37-41-36(51-42-37)40-35(45)32(24-12-8-6-9-13-24)50-27-18-16-26(17-19-27)38-34(44)28(39-33(43)25-14-10-7-11-15-25)20-23-21-29(46-2)31(48-4)30(22-23)47-3/h6-22,32H,5H2,1-4H3,(H,38,44)(H,39,43)(H,40,41,42,45)/b28-20-. The van der Waals surface area contributed by atoms with E-state index in [1.807, 2.05) is 49.4 Å². The zero-order valence-electron chi connectivity index (χ0n) is 28.2. The smallest absolute Gasteiger partial charge is 0.272 e. The van der Waals surface area contributed by atoms with E-state index in [-0.39, 0.29) is 11.6 Å². The zero-order chi connectivity index (χ0) is 36.2. The number of nitrogens with zero attached hydrogens (tertiary/aromatic N) is 2. The molecule has 0 saturated carbocycles. The Morgan fingerprint density at radius 1 is 0.843 bits per heavy atom. The summed E-state index contributed by atoms with van der Waals surface area (Å²) in [5.74, 6) is 0.733. The fraction of sp³-hybridized carbons (Fsp3) is 0.162. The summed E-state index contributed by atoms with van der Waals surface area (Å²) in [5.41, 5.74) is 2.18. The van der Waals surface area contributed by atoms with Gasteiger partial charge in [-0.15, -0.1) is 11.8 Å². The maximum absolute atomic E-state index is 13.7. The molecule has 0 aliphatic heterocycles. The van der Waals surface area contributed by atoms with Gasteiger partial charge in [0.05, 0.1) is 21.3 Å². The van der Waals surface area contributed by atoms with Crippen LogP contribution in [0.5, 0.6) is 17.2 Å². The van der Waals surface area contributed by atoms with Crippen molar-refractivity contribution in [3.05, 3.63) is 119 Å². The molecular weight excluding hydrogens is 707 g/mol. The summed E-state index contributed by atoms with van der Waals surface area (Å²) >= 11 is 4.01. The SMILES string of the molecule is CCSc1nsc(NC(=O)C(Sc2ccc(NC(=O)/C(=C/c3cc(OC)c(OC)c(OC)c3)NC(=O)c3ccccc3)cc2)c2ccccc2)n1. The van der Waals surface area contributed by atoms with Crippen LogP contribution in [-0.2, 0) is 9.59 Å². The van der Waals surface area contributed by atoms with Crippen LogP contribution in [0, 0.1) is 0 Å². The molecule has 14 heteroatoms. The maximum atomic E-state index is 13.7. The lowest BCUT2D eigenvalue weighted by molar-refractivity contribution is -0.116. The highest BCUT2D eigenvalue weighted by Crippen LogP contribution is 2.39. The monoisotopic (exact) mass is 741 g/mol. The first-order valence-electron chi connectivity index (χ1n) is 15.6. The van der Waals surface area contributed by atoms with Crippen LogP contribution in [0.3, 0.4) is 0 Å². The predicted molar refractivity (Wildman–Crippen MR) is 203 cm³/mol. The van der Waals surface area contributed by atoms with E-state index in [2.05, 4.69) is 25.3 Å². The molecule has 0 aliphatic rings. The van der Waals surface area contributed by atoms with Crippen LogP contribution in [0.2, 0.25) is 0 Å². The average Bonchev–Trinajstić information content (AvgIpc) is 3.60. The van der Waals surface area contributed by atoms with Gasteiger partial charge in [0, 0.05) is 27.7 Å². The topological polar surface area (TPSA) is 141 Å². The third-order valence-electron chi connectivity index (χ3n) is 7.14. The number of hydrogen-bond donors (Lipinski definition) is 3. The molecule has 1 aromatic heterocycles. The number of thioether (sulfide) groups is 2. The Morgan fingerprint density at radius 2 is 1.49 bits per heavy atom. The van der Waals surface area contributed by atoms with Gasteiger partial charge in [-0.25, -0.2) is 0 Å². The molecule has 11 nitrogen and oxygen atoms in total. The normalized spacial score (nSPS) is 11.6. The molecule has 0 aliphatic carbocycles. The Labute approximate surface area is 308 Å². The van der Waals surface area contributed by atoms with E-state index < -0.39 is 17.1 Å². The van der Waals surface area contributed by atoms with Crippen LogP contribution < -0.4 is 30.2 Å². The first-order chi connectivity index (χ1) is 24.8. The lowest BCUT2D eigenvalue weighted by Gasteiger charge is -2.17. The van der Waals surface area contributed by atoms with Crippen molar-refractivity contribution in [2.75, 3.05) is 37.7 Å². The molecule has 0 spiro atoms. The number of aromatic nitrogens is 2. The molecule has 3 amide bonds. The third kappa shape index (κ3) is 9.90. The second-order valence-corrected chi connectivity index (χ2v) is 13.7. The van der Waals surface area contributed by atoms with Gasteiger partial charge in [0.1, 0.15) is 10.9 Å². The van der Waals surface area contributed by atoms with Gasteiger partial charge in [-0.2, -0.15) is 9.36 Å². The number of carbonyl (C=O) groups is 3. The van der Waals surface area contributed by atoms with Crippen molar-refractivity contribution in [2.45, 2.75) is 22.2 Å². The van der Waals surface area contributed by atoms with Gasteiger partial charge in [-0.1, -0.05) is 67.2 Å². The van der Waals surface area contributed by atoms with Crippen molar-refractivity contribution < 1.29 is 28.6 Å². The van der Waals surface area contributed by atoms with Crippen LogP contribution in [-0.4, -0.2) is 54.2 Å². The Balaban J connectivity index is 1.37. The second kappa shape index (κ2) is 18.1. The van der Waals surface area contributed by atoms with Crippen molar-refractivity contribution in [3.63, 3.8) is 0 Å². The number of hydrogen-bond acceptors (Lipinski definition) is 11. The van der Waals surface area contributed by atoms with Crippen molar-refractivity contribution in [3.8, 4) is 17.2 Å². The zero-order valence-corrected chi connectivity index (χ0v) is 30.6. The van der Waals surface area contributed by atoms with E-state index in [9.17, 15) is 14.4 Å². The first-order valence-corrected chi connectivity index (χ1v) is 18.2. The van der Waals surface area contributed by atoms with Gasteiger partial charge < -0.3 is 24.8 Å². The molecule has 0 bridgehead atoms. The molecule has 1 heterocycles. The summed E-state index contributed by atoms with van der Waals surface area (Å²) < 4.78 is 20.7. The third-order valence-corrected chi connectivity index (χ3v) is 9.89. The summed E-state index contributed by atoms with van der Waals surface area (Å²) in [6, 6.07) is 28.5. The van der Waals surface area contributed by atoms with Crippen molar-refractivity contribution >= 4 is 69.7 Å². The summed E-state index contributed by atoms with van der Waals surface area (Å²) in [4.78, 5) is 45.6. The number of benzene rings is 4. The van der Waals surface area contributed by atoms with E-state index in [0.717, 1.165) is 27.7 Å². The largest absolute Gasteiger partial charge is 0.493 e. The number of rotatable bonds is 15. The number of carbonyl (C=O) groups excluding carboxylic acids is 3. The van der Waals surface area contributed by atoms with E-state index >= 15 is 0 Å². The van der Waals surface area contributed by atoms with Gasteiger partial charge in [0.2, 0.25) is 21.9 Å². The Morgan fingerprint density at radius 3 is 2.10 bits per heavy atom. The molecule has 0 saturated heterocycles. The van der Waals surface area contributed by atoms with E-state index in [4.69, 9.17) is 14.2 Å². The van der Waals surface area contributed by atoms with Crippen molar-refractivity contribution in [1.29, 1.82) is 0 Å². The highest BCUT2D eigenvalue weighted by Gasteiger charge is 2.24. The fourth-order valence-corrected chi connectivity index (χ4v) is 7.06. The molecule has 5 aromatic rings. The molecule has 262 valence electrons. The Kier molecular flexibility index (Phi) is 13.1. The van der Waals surface area contributed by atoms with Gasteiger partial charge in [-0.05, 0) is 71.5 Å². The number of amides is 3. The fourth-order valence-electron chi connectivity index (χ4n) is 4.77. The molecule has 1 unspecified atom stereocenters. The molecule has 5 rings (SSSR count).